The number of H-pyrrole nitrogens is 1. The average molecular weight is 494 g/mol. The quantitative estimate of drug-likeness (QED) is 0.343. The van der Waals surface area contributed by atoms with Gasteiger partial charge in [-0.15, -0.1) is 0 Å². The van der Waals surface area contributed by atoms with Gasteiger partial charge >= 0.3 is 6.18 Å². The van der Waals surface area contributed by atoms with Crippen LogP contribution in [-0.4, -0.2) is 34.4 Å². The largest absolute Gasteiger partial charge is 0.497 e. The van der Waals surface area contributed by atoms with Crippen molar-refractivity contribution in [2.45, 2.75) is 38.4 Å². The van der Waals surface area contributed by atoms with Crippen molar-refractivity contribution in [3.8, 4) is 16.9 Å². The maximum atomic E-state index is 14.0. The summed E-state index contributed by atoms with van der Waals surface area (Å²) in [5, 5.41) is 0. The van der Waals surface area contributed by atoms with E-state index in [2.05, 4.69) is 9.97 Å². The molecule has 1 aromatic heterocycles. The minimum Gasteiger partial charge on any atom is -0.497 e. The summed E-state index contributed by atoms with van der Waals surface area (Å²) in [5.41, 5.74) is 2.45. The van der Waals surface area contributed by atoms with E-state index in [4.69, 9.17) is 4.74 Å². The zero-order valence-electron chi connectivity index (χ0n) is 20.2. The number of likely N-dealkylation sites (tertiary alicyclic amines) is 1. The molecule has 1 fully saturated rings. The van der Waals surface area contributed by atoms with Gasteiger partial charge in [-0.1, -0.05) is 29.8 Å². The van der Waals surface area contributed by atoms with Crippen LogP contribution < -0.4 is 4.74 Å². The molecule has 2 heterocycles. The summed E-state index contributed by atoms with van der Waals surface area (Å²) in [4.78, 5) is 23.5. The van der Waals surface area contributed by atoms with Crippen molar-refractivity contribution in [1.82, 2.24) is 14.9 Å². The van der Waals surface area contributed by atoms with Gasteiger partial charge in [0.1, 0.15) is 11.6 Å². The third kappa shape index (κ3) is 4.10. The van der Waals surface area contributed by atoms with E-state index in [0.29, 0.717) is 35.4 Å². The predicted octanol–water partition coefficient (Wildman–Crippen LogP) is 6.72. The topological polar surface area (TPSA) is 58.2 Å². The van der Waals surface area contributed by atoms with Gasteiger partial charge in [0.15, 0.2) is 0 Å². The molecule has 0 spiro atoms. The molecule has 1 atom stereocenters. The molecular weight excluding hydrogens is 467 g/mol. The van der Waals surface area contributed by atoms with E-state index in [1.165, 1.54) is 6.07 Å². The Labute approximate surface area is 206 Å². The number of imidazole rings is 1. The maximum absolute atomic E-state index is 14.0. The number of benzene rings is 3. The molecule has 0 aliphatic carbocycles. The summed E-state index contributed by atoms with van der Waals surface area (Å²) in [7, 11) is 1.60. The van der Waals surface area contributed by atoms with Crippen LogP contribution in [0.2, 0.25) is 0 Å². The van der Waals surface area contributed by atoms with E-state index in [1.807, 2.05) is 56.3 Å². The first kappa shape index (κ1) is 23.9. The number of rotatable bonds is 4. The third-order valence-corrected chi connectivity index (χ3v) is 7.01. The third-order valence-electron chi connectivity index (χ3n) is 7.01. The number of amides is 1. The molecule has 3 aromatic carbocycles. The Kier molecular flexibility index (Phi) is 5.77. The van der Waals surface area contributed by atoms with Crippen molar-refractivity contribution < 1.29 is 22.7 Å². The van der Waals surface area contributed by atoms with Gasteiger partial charge < -0.3 is 14.6 Å². The maximum Gasteiger partial charge on any atom is 0.416 e. The van der Waals surface area contributed by atoms with E-state index in [1.54, 1.807) is 12.0 Å². The number of nitrogens with zero attached hydrogens (tertiary/aromatic N) is 2. The Bertz CT molecular complexity index is 1440. The first-order valence-corrected chi connectivity index (χ1v) is 11.7. The molecule has 0 radical (unpaired) electrons. The van der Waals surface area contributed by atoms with E-state index >= 15 is 0 Å². The number of alkyl halides is 3. The van der Waals surface area contributed by atoms with E-state index < -0.39 is 17.3 Å². The number of hydrogen-bond acceptors (Lipinski definition) is 3. The Morgan fingerprint density at radius 1 is 1.08 bits per heavy atom. The Hall–Kier alpha value is -3.81. The fourth-order valence-electron chi connectivity index (χ4n) is 4.98. The zero-order valence-corrected chi connectivity index (χ0v) is 20.2. The molecule has 36 heavy (non-hydrogen) atoms. The molecular formula is C28H26F3N3O2. The minimum atomic E-state index is -4.44. The minimum absolute atomic E-state index is 0.138. The molecule has 8 heteroatoms. The van der Waals surface area contributed by atoms with Gasteiger partial charge in [-0.2, -0.15) is 13.2 Å². The number of halogens is 3. The standard InChI is InChI=1S/C28H26F3N3O2/c1-17-5-11-21(18-6-9-20(36-3)10-7-18)22(15-17)25(35)34-14-4-13-27(34,2)26-32-23-12-8-19(28(29,30)31)16-24(23)33-26/h5-12,15-16H,4,13-14H2,1-3H3,(H,32,33). The summed E-state index contributed by atoms with van der Waals surface area (Å²) >= 11 is 0. The number of hydrogen-bond donors (Lipinski definition) is 1. The average Bonchev–Trinajstić information content (AvgIpc) is 3.47. The number of nitrogens with one attached hydrogen (secondary N) is 1. The molecule has 0 bridgehead atoms. The van der Waals surface area contributed by atoms with Crippen LogP contribution in [0.15, 0.2) is 60.7 Å². The molecule has 0 saturated carbocycles. The summed E-state index contributed by atoms with van der Waals surface area (Å²) in [6, 6.07) is 16.8. The number of aromatic nitrogens is 2. The van der Waals surface area contributed by atoms with Crippen LogP contribution in [-0.2, 0) is 11.7 Å². The number of fused-ring (bicyclic) bond motifs is 1. The molecule has 1 amide bonds. The first-order valence-electron chi connectivity index (χ1n) is 11.7. The van der Waals surface area contributed by atoms with Crippen molar-refractivity contribution in [1.29, 1.82) is 0 Å². The van der Waals surface area contributed by atoms with Crippen LogP contribution in [0.25, 0.3) is 22.2 Å². The second-order valence-electron chi connectivity index (χ2n) is 9.43. The molecule has 5 nitrogen and oxygen atoms in total. The smallest absolute Gasteiger partial charge is 0.416 e. The number of ether oxygens (including phenoxy) is 1. The highest BCUT2D eigenvalue weighted by Crippen LogP contribution is 2.41. The van der Waals surface area contributed by atoms with Crippen molar-refractivity contribution in [3.63, 3.8) is 0 Å². The summed E-state index contributed by atoms with van der Waals surface area (Å²) < 4.78 is 44.9. The summed E-state index contributed by atoms with van der Waals surface area (Å²) in [6.45, 7) is 4.38. The van der Waals surface area contributed by atoms with E-state index in [0.717, 1.165) is 41.0 Å². The highest BCUT2D eigenvalue weighted by Gasteiger charge is 2.44. The first-order chi connectivity index (χ1) is 17.1. The molecule has 5 rings (SSSR count). The van der Waals surface area contributed by atoms with Crippen LogP contribution >= 0.6 is 0 Å². The van der Waals surface area contributed by atoms with E-state index in [9.17, 15) is 18.0 Å². The van der Waals surface area contributed by atoms with Gasteiger partial charge in [-0.25, -0.2) is 4.98 Å². The van der Waals surface area contributed by atoms with Gasteiger partial charge in [0.2, 0.25) is 0 Å². The van der Waals surface area contributed by atoms with Gasteiger partial charge in [-0.3, -0.25) is 4.79 Å². The van der Waals surface area contributed by atoms with Crippen molar-refractivity contribution >= 4 is 16.9 Å². The Morgan fingerprint density at radius 2 is 1.83 bits per heavy atom. The van der Waals surface area contributed by atoms with Crippen molar-refractivity contribution in [2.24, 2.45) is 0 Å². The fourth-order valence-corrected chi connectivity index (χ4v) is 4.98. The Morgan fingerprint density at radius 3 is 2.53 bits per heavy atom. The molecule has 1 aliphatic heterocycles. The van der Waals surface area contributed by atoms with Crippen molar-refractivity contribution in [2.75, 3.05) is 13.7 Å². The van der Waals surface area contributed by atoms with Gasteiger partial charge in [0.05, 0.1) is 29.2 Å². The summed E-state index contributed by atoms with van der Waals surface area (Å²) in [5.74, 6) is 1.08. The molecule has 1 saturated heterocycles. The lowest BCUT2D eigenvalue weighted by Crippen LogP contribution is -2.43. The van der Waals surface area contributed by atoms with Gasteiger partial charge in [-0.05, 0) is 74.2 Å². The number of carbonyl (C=O) groups is 1. The van der Waals surface area contributed by atoms with Crippen molar-refractivity contribution in [3.05, 3.63) is 83.2 Å². The number of aryl methyl sites for hydroxylation is 1. The molecule has 1 aliphatic rings. The summed E-state index contributed by atoms with van der Waals surface area (Å²) in [6.07, 6.45) is -3.03. The van der Waals surface area contributed by atoms with Crippen LogP contribution in [0.4, 0.5) is 13.2 Å². The molecule has 1 N–H and O–H groups in total. The lowest BCUT2D eigenvalue weighted by molar-refractivity contribution is -0.137. The van der Waals surface area contributed by atoms with Crippen LogP contribution in [0, 0.1) is 6.92 Å². The second kappa shape index (κ2) is 8.69. The lowest BCUT2D eigenvalue weighted by atomic mass is 9.94. The number of methoxy groups -OCH3 is 1. The molecule has 4 aromatic rings. The SMILES string of the molecule is COc1ccc(-c2ccc(C)cc2C(=O)N2CCCC2(C)c2nc3ccc(C(F)(F)F)cc3[nH]2)cc1. The van der Waals surface area contributed by atoms with Crippen LogP contribution in [0.1, 0.15) is 47.1 Å². The van der Waals surface area contributed by atoms with Crippen LogP contribution in [0.3, 0.4) is 0 Å². The van der Waals surface area contributed by atoms with E-state index in [-0.39, 0.29) is 5.91 Å². The highest BCUT2D eigenvalue weighted by atomic mass is 19.4. The second-order valence-corrected chi connectivity index (χ2v) is 9.43. The molecule has 186 valence electrons. The highest BCUT2D eigenvalue weighted by molar-refractivity contribution is 6.01. The molecule has 1 unspecified atom stereocenters. The predicted molar refractivity (Wildman–Crippen MR) is 132 cm³/mol. The lowest BCUT2D eigenvalue weighted by Gasteiger charge is -2.34. The number of aromatic amines is 1. The fraction of sp³-hybridized carbons (Fsp3) is 0.286. The Balaban J connectivity index is 1.54. The van der Waals surface area contributed by atoms with Gasteiger partial charge in [0.25, 0.3) is 5.91 Å². The monoisotopic (exact) mass is 493 g/mol. The number of carbonyl (C=O) groups excluding carboxylic acids is 1. The van der Waals surface area contributed by atoms with Gasteiger partial charge in [0, 0.05) is 12.1 Å². The normalized spacial score (nSPS) is 18.1. The van der Waals surface area contributed by atoms with Crippen LogP contribution in [0.5, 0.6) is 5.75 Å². The zero-order chi connectivity index (χ0) is 25.7.